The summed E-state index contributed by atoms with van der Waals surface area (Å²) >= 11 is 5.85. The molecule has 0 saturated heterocycles. The summed E-state index contributed by atoms with van der Waals surface area (Å²) in [7, 11) is 1.76. The minimum Gasteiger partial charge on any atom is -0.398 e. The van der Waals surface area contributed by atoms with E-state index in [4.69, 9.17) is 17.3 Å². The summed E-state index contributed by atoms with van der Waals surface area (Å²) in [6.07, 6.45) is 3.18. The third kappa shape index (κ3) is 1.92. The van der Waals surface area contributed by atoms with E-state index in [1.807, 2.05) is 0 Å². The number of carbonyl (C=O) groups excluding carboxylic acids is 1. The lowest BCUT2D eigenvalue weighted by atomic mass is 10.1. The number of hydrogen-bond donors (Lipinski definition) is 1. The van der Waals surface area contributed by atoms with Crippen molar-refractivity contribution in [3.63, 3.8) is 0 Å². The van der Waals surface area contributed by atoms with Crippen LogP contribution in [0.4, 0.5) is 5.69 Å². The van der Waals surface area contributed by atoms with Crippen molar-refractivity contribution in [1.82, 2.24) is 9.78 Å². The highest BCUT2D eigenvalue weighted by Gasteiger charge is 2.11. The topological polar surface area (TPSA) is 60.9 Å². The Morgan fingerprint density at radius 3 is 2.75 bits per heavy atom. The minimum absolute atomic E-state index is 0.116. The van der Waals surface area contributed by atoms with Gasteiger partial charge in [0.15, 0.2) is 5.78 Å². The lowest BCUT2D eigenvalue weighted by Gasteiger charge is -2.01. The van der Waals surface area contributed by atoms with Crippen LogP contribution in [-0.4, -0.2) is 15.6 Å². The zero-order valence-corrected chi connectivity index (χ0v) is 9.40. The lowest BCUT2D eigenvalue weighted by molar-refractivity contribution is 0.103. The number of nitrogens with zero attached hydrogens (tertiary/aromatic N) is 2. The van der Waals surface area contributed by atoms with Gasteiger partial charge in [0.05, 0.1) is 22.5 Å². The molecular formula is C11H10ClN3O. The predicted octanol–water partition coefficient (Wildman–Crippen LogP) is 1.89. The van der Waals surface area contributed by atoms with E-state index in [0.29, 0.717) is 21.8 Å². The first-order valence-electron chi connectivity index (χ1n) is 4.66. The van der Waals surface area contributed by atoms with E-state index in [1.165, 1.54) is 6.20 Å². The number of benzene rings is 1. The zero-order valence-electron chi connectivity index (χ0n) is 8.64. The molecule has 16 heavy (non-hydrogen) atoms. The highest BCUT2D eigenvalue weighted by Crippen LogP contribution is 2.21. The molecule has 1 aromatic heterocycles. The van der Waals surface area contributed by atoms with E-state index in [1.54, 1.807) is 36.1 Å². The number of anilines is 1. The summed E-state index contributed by atoms with van der Waals surface area (Å²) in [4.78, 5) is 12.0. The third-order valence-corrected chi connectivity index (χ3v) is 2.56. The summed E-state index contributed by atoms with van der Waals surface area (Å²) in [5.41, 5.74) is 7.07. The van der Waals surface area contributed by atoms with Gasteiger partial charge in [-0.15, -0.1) is 0 Å². The summed E-state index contributed by atoms with van der Waals surface area (Å²) in [5, 5.41) is 4.33. The summed E-state index contributed by atoms with van der Waals surface area (Å²) < 4.78 is 1.58. The summed E-state index contributed by atoms with van der Waals surface area (Å²) in [6, 6.07) is 4.83. The van der Waals surface area contributed by atoms with Gasteiger partial charge in [-0.3, -0.25) is 9.48 Å². The second-order valence-corrected chi connectivity index (χ2v) is 3.88. The molecule has 0 radical (unpaired) electrons. The molecule has 1 heterocycles. The van der Waals surface area contributed by atoms with Crippen LogP contribution < -0.4 is 5.73 Å². The van der Waals surface area contributed by atoms with Gasteiger partial charge >= 0.3 is 0 Å². The van der Waals surface area contributed by atoms with E-state index in [-0.39, 0.29) is 5.78 Å². The van der Waals surface area contributed by atoms with Crippen molar-refractivity contribution in [1.29, 1.82) is 0 Å². The number of ketones is 1. The van der Waals surface area contributed by atoms with Crippen LogP contribution in [0.5, 0.6) is 0 Å². The van der Waals surface area contributed by atoms with Crippen LogP contribution in [0.2, 0.25) is 5.02 Å². The quantitative estimate of drug-likeness (QED) is 0.639. The van der Waals surface area contributed by atoms with Gasteiger partial charge in [0.25, 0.3) is 0 Å². The van der Waals surface area contributed by atoms with Crippen molar-refractivity contribution in [2.24, 2.45) is 7.05 Å². The van der Waals surface area contributed by atoms with Gasteiger partial charge in [-0.2, -0.15) is 5.10 Å². The molecule has 0 unspecified atom stereocenters. The van der Waals surface area contributed by atoms with E-state index in [0.717, 1.165) is 0 Å². The van der Waals surface area contributed by atoms with E-state index in [2.05, 4.69) is 5.10 Å². The molecule has 0 atom stereocenters. The van der Waals surface area contributed by atoms with Gasteiger partial charge in [-0.25, -0.2) is 0 Å². The fraction of sp³-hybridized carbons (Fsp3) is 0.0909. The summed E-state index contributed by atoms with van der Waals surface area (Å²) in [6.45, 7) is 0. The molecule has 2 N–H and O–H groups in total. The first kappa shape index (κ1) is 10.7. The Hall–Kier alpha value is -1.81. The Morgan fingerprint density at radius 1 is 1.44 bits per heavy atom. The standard InChI is InChI=1S/C11H10ClN3O/c1-15-6-8(5-14-15)11(16)7-2-3-10(13)9(12)4-7/h2-6H,13H2,1H3. The normalized spacial score (nSPS) is 10.4. The van der Waals surface area contributed by atoms with Crippen molar-refractivity contribution in [3.8, 4) is 0 Å². The van der Waals surface area contributed by atoms with Gasteiger partial charge in [0.1, 0.15) is 0 Å². The third-order valence-electron chi connectivity index (χ3n) is 2.23. The SMILES string of the molecule is Cn1cc(C(=O)c2ccc(N)c(Cl)c2)cn1. The molecule has 1 aromatic carbocycles. The molecule has 2 aromatic rings. The highest BCUT2D eigenvalue weighted by molar-refractivity contribution is 6.33. The summed E-state index contributed by atoms with van der Waals surface area (Å²) in [5.74, 6) is -0.116. The molecule has 5 heteroatoms. The van der Waals surface area contributed by atoms with Crippen molar-refractivity contribution in [3.05, 3.63) is 46.7 Å². The van der Waals surface area contributed by atoms with Crippen molar-refractivity contribution >= 4 is 23.1 Å². The number of hydrogen-bond acceptors (Lipinski definition) is 3. The van der Waals surface area contributed by atoms with E-state index in [9.17, 15) is 4.79 Å². The fourth-order valence-corrected chi connectivity index (χ4v) is 1.55. The van der Waals surface area contributed by atoms with Crippen molar-refractivity contribution in [2.75, 3.05) is 5.73 Å². The monoisotopic (exact) mass is 235 g/mol. The maximum absolute atomic E-state index is 12.0. The molecule has 0 aliphatic rings. The number of carbonyl (C=O) groups is 1. The number of halogens is 1. The number of nitrogens with two attached hydrogens (primary N) is 1. The van der Waals surface area contributed by atoms with Crippen LogP contribution in [0.1, 0.15) is 15.9 Å². The fourth-order valence-electron chi connectivity index (χ4n) is 1.37. The van der Waals surface area contributed by atoms with E-state index < -0.39 is 0 Å². The highest BCUT2D eigenvalue weighted by atomic mass is 35.5. The molecule has 0 fully saturated rings. The first-order valence-corrected chi connectivity index (χ1v) is 5.04. The Balaban J connectivity index is 2.38. The average molecular weight is 236 g/mol. The Morgan fingerprint density at radius 2 is 2.19 bits per heavy atom. The van der Waals surface area contributed by atoms with Gasteiger partial charge in [-0.05, 0) is 18.2 Å². The van der Waals surface area contributed by atoms with Crippen LogP contribution in [0.15, 0.2) is 30.6 Å². The van der Waals surface area contributed by atoms with Crippen LogP contribution in [-0.2, 0) is 7.05 Å². The van der Waals surface area contributed by atoms with Crippen LogP contribution in [0.3, 0.4) is 0 Å². The van der Waals surface area contributed by atoms with E-state index >= 15 is 0 Å². The Labute approximate surface area is 97.6 Å². The number of rotatable bonds is 2. The lowest BCUT2D eigenvalue weighted by Crippen LogP contribution is -2.00. The Bertz CT molecular complexity index is 548. The zero-order chi connectivity index (χ0) is 11.7. The molecule has 82 valence electrons. The van der Waals surface area contributed by atoms with Gasteiger partial charge in [0.2, 0.25) is 0 Å². The largest absolute Gasteiger partial charge is 0.398 e. The molecule has 0 amide bonds. The number of nitrogen functional groups attached to an aromatic ring is 1. The molecule has 0 saturated carbocycles. The molecule has 0 bridgehead atoms. The molecule has 0 aliphatic heterocycles. The smallest absolute Gasteiger partial charge is 0.196 e. The molecular weight excluding hydrogens is 226 g/mol. The molecule has 4 nitrogen and oxygen atoms in total. The average Bonchev–Trinajstić information content (AvgIpc) is 2.68. The van der Waals surface area contributed by atoms with Crippen LogP contribution in [0, 0.1) is 0 Å². The van der Waals surface area contributed by atoms with Crippen LogP contribution >= 0.6 is 11.6 Å². The maximum atomic E-state index is 12.0. The second kappa shape index (κ2) is 3.98. The molecule has 2 rings (SSSR count). The number of aromatic nitrogens is 2. The van der Waals surface area contributed by atoms with Gasteiger partial charge < -0.3 is 5.73 Å². The second-order valence-electron chi connectivity index (χ2n) is 3.47. The first-order chi connectivity index (χ1) is 7.58. The van der Waals surface area contributed by atoms with Crippen LogP contribution in [0.25, 0.3) is 0 Å². The van der Waals surface area contributed by atoms with Crippen molar-refractivity contribution < 1.29 is 4.79 Å². The van der Waals surface area contributed by atoms with Gasteiger partial charge in [-0.1, -0.05) is 11.6 Å². The molecule has 0 spiro atoms. The Kier molecular flexibility index (Phi) is 2.66. The minimum atomic E-state index is -0.116. The van der Waals surface area contributed by atoms with Crippen molar-refractivity contribution in [2.45, 2.75) is 0 Å². The maximum Gasteiger partial charge on any atom is 0.196 e. The van der Waals surface area contributed by atoms with Gasteiger partial charge in [0, 0.05) is 18.8 Å². The predicted molar refractivity (Wildman–Crippen MR) is 62.5 cm³/mol. The number of aryl methyl sites for hydroxylation is 1. The molecule has 0 aliphatic carbocycles.